The van der Waals surface area contributed by atoms with Crippen molar-refractivity contribution in [3.63, 3.8) is 0 Å². The normalized spacial score (nSPS) is 25.4. The minimum absolute atomic E-state index is 0.0157. The maximum atomic E-state index is 12.4. The van der Waals surface area contributed by atoms with Crippen LogP contribution in [-0.2, 0) is 20.7 Å². The summed E-state index contributed by atoms with van der Waals surface area (Å²) in [6.07, 6.45) is 9.77. The lowest BCUT2D eigenvalue weighted by atomic mass is 9.96. The SMILES string of the molecule is O=C(Cc1ccncc1)NCC[C@H]1CC[C@H](NC(=O)C2CCCC2)[C@@H](CO)O1. The number of aliphatic hydroxyl groups excluding tert-OH is 1. The fraction of sp³-hybridized carbons (Fsp3) is 0.667. The second-order valence-electron chi connectivity index (χ2n) is 7.82. The van der Waals surface area contributed by atoms with Gasteiger partial charge in [0.1, 0.15) is 6.10 Å². The van der Waals surface area contributed by atoms with Gasteiger partial charge in [-0.3, -0.25) is 14.6 Å². The molecule has 1 aliphatic heterocycles. The van der Waals surface area contributed by atoms with Crippen molar-refractivity contribution in [3.05, 3.63) is 30.1 Å². The van der Waals surface area contributed by atoms with Crippen LogP contribution in [0.5, 0.6) is 0 Å². The van der Waals surface area contributed by atoms with Gasteiger partial charge in [0.05, 0.1) is 25.2 Å². The highest BCUT2D eigenvalue weighted by molar-refractivity contribution is 5.79. The number of ether oxygens (including phenoxy) is 1. The molecule has 2 fully saturated rings. The lowest BCUT2D eigenvalue weighted by molar-refractivity contribution is -0.132. The summed E-state index contributed by atoms with van der Waals surface area (Å²) < 4.78 is 5.99. The molecule has 2 heterocycles. The van der Waals surface area contributed by atoms with E-state index >= 15 is 0 Å². The van der Waals surface area contributed by atoms with Gasteiger partial charge in [-0.05, 0) is 49.8 Å². The summed E-state index contributed by atoms with van der Waals surface area (Å²) in [5.74, 6) is 0.196. The number of amides is 2. The van der Waals surface area contributed by atoms with E-state index in [0.29, 0.717) is 19.4 Å². The standard InChI is InChI=1S/C21H31N3O4/c25-14-19-18(24-21(27)16-3-1-2-4-16)6-5-17(28-19)9-12-23-20(26)13-15-7-10-22-11-8-15/h7-8,10-11,16-19,25H,1-6,9,12-14H2,(H,23,26)(H,24,27)/t17-,18+,19-/m1/s1. The first kappa shape index (κ1) is 20.7. The van der Waals surface area contributed by atoms with Crippen LogP contribution in [0, 0.1) is 5.92 Å². The van der Waals surface area contributed by atoms with Gasteiger partial charge in [-0.2, -0.15) is 0 Å². The summed E-state index contributed by atoms with van der Waals surface area (Å²) in [6.45, 7) is 0.423. The molecule has 0 spiro atoms. The first-order valence-electron chi connectivity index (χ1n) is 10.4. The number of carbonyl (C=O) groups excluding carboxylic acids is 2. The number of nitrogens with zero attached hydrogens (tertiary/aromatic N) is 1. The van der Waals surface area contributed by atoms with Crippen molar-refractivity contribution >= 4 is 11.8 Å². The van der Waals surface area contributed by atoms with Gasteiger partial charge in [0.15, 0.2) is 0 Å². The first-order chi connectivity index (χ1) is 13.7. The van der Waals surface area contributed by atoms with Gasteiger partial charge in [-0.15, -0.1) is 0 Å². The van der Waals surface area contributed by atoms with Crippen molar-refractivity contribution in [2.45, 2.75) is 69.6 Å². The molecule has 28 heavy (non-hydrogen) atoms. The number of hydrogen-bond acceptors (Lipinski definition) is 5. The van der Waals surface area contributed by atoms with Gasteiger partial charge in [-0.25, -0.2) is 0 Å². The van der Waals surface area contributed by atoms with E-state index in [0.717, 1.165) is 44.1 Å². The van der Waals surface area contributed by atoms with E-state index < -0.39 is 0 Å². The van der Waals surface area contributed by atoms with Crippen LogP contribution in [0.4, 0.5) is 0 Å². The van der Waals surface area contributed by atoms with Crippen LogP contribution in [0.2, 0.25) is 0 Å². The summed E-state index contributed by atoms with van der Waals surface area (Å²) in [5.41, 5.74) is 0.933. The van der Waals surface area contributed by atoms with E-state index in [9.17, 15) is 14.7 Å². The summed E-state index contributed by atoms with van der Waals surface area (Å²) in [4.78, 5) is 28.3. The third-order valence-electron chi connectivity index (χ3n) is 5.75. The van der Waals surface area contributed by atoms with Gasteiger partial charge in [-0.1, -0.05) is 12.8 Å². The lowest BCUT2D eigenvalue weighted by Crippen LogP contribution is -2.52. The molecule has 1 aromatic heterocycles. The monoisotopic (exact) mass is 389 g/mol. The average molecular weight is 389 g/mol. The molecule has 3 atom stereocenters. The third-order valence-corrected chi connectivity index (χ3v) is 5.75. The second kappa shape index (κ2) is 10.5. The number of aromatic nitrogens is 1. The topological polar surface area (TPSA) is 101 Å². The Hall–Kier alpha value is -1.99. The van der Waals surface area contributed by atoms with Crippen LogP contribution in [0.25, 0.3) is 0 Å². The number of rotatable bonds is 8. The lowest BCUT2D eigenvalue weighted by Gasteiger charge is -2.36. The average Bonchev–Trinajstić information content (AvgIpc) is 3.25. The Morgan fingerprint density at radius 2 is 1.89 bits per heavy atom. The zero-order chi connectivity index (χ0) is 19.8. The molecule has 1 aliphatic carbocycles. The zero-order valence-corrected chi connectivity index (χ0v) is 16.3. The highest BCUT2D eigenvalue weighted by Crippen LogP contribution is 2.26. The molecule has 1 saturated carbocycles. The largest absolute Gasteiger partial charge is 0.394 e. The molecule has 1 aromatic rings. The van der Waals surface area contributed by atoms with E-state index in [1.54, 1.807) is 12.4 Å². The molecule has 1 saturated heterocycles. The molecule has 0 unspecified atom stereocenters. The van der Waals surface area contributed by atoms with E-state index in [1.807, 2.05) is 12.1 Å². The van der Waals surface area contributed by atoms with Gasteiger partial charge >= 0.3 is 0 Å². The molecule has 3 N–H and O–H groups in total. The number of hydrogen-bond donors (Lipinski definition) is 3. The smallest absolute Gasteiger partial charge is 0.224 e. The minimum atomic E-state index is -0.378. The van der Waals surface area contributed by atoms with Crippen LogP contribution in [-0.4, -0.2) is 53.3 Å². The van der Waals surface area contributed by atoms with Gasteiger partial charge in [0, 0.05) is 24.9 Å². The van der Waals surface area contributed by atoms with E-state index in [2.05, 4.69) is 15.6 Å². The Bertz CT molecular complexity index is 634. The molecule has 0 bridgehead atoms. The molecule has 0 radical (unpaired) electrons. The van der Waals surface area contributed by atoms with Gasteiger partial charge in [0.2, 0.25) is 11.8 Å². The predicted octanol–water partition coefficient (Wildman–Crippen LogP) is 1.35. The fourth-order valence-corrected chi connectivity index (χ4v) is 4.12. The van der Waals surface area contributed by atoms with Crippen LogP contribution in [0.1, 0.15) is 50.5 Å². The van der Waals surface area contributed by atoms with E-state index in [4.69, 9.17) is 4.74 Å². The maximum Gasteiger partial charge on any atom is 0.224 e. The maximum absolute atomic E-state index is 12.4. The Morgan fingerprint density at radius 1 is 1.14 bits per heavy atom. The van der Waals surface area contributed by atoms with E-state index in [1.165, 1.54) is 0 Å². The number of carbonyl (C=O) groups is 2. The Morgan fingerprint density at radius 3 is 2.61 bits per heavy atom. The summed E-state index contributed by atoms with van der Waals surface area (Å²) in [7, 11) is 0. The van der Waals surface area contributed by atoms with Crippen molar-refractivity contribution in [2.75, 3.05) is 13.2 Å². The van der Waals surface area contributed by atoms with E-state index in [-0.39, 0.29) is 42.6 Å². The predicted molar refractivity (Wildman–Crippen MR) is 104 cm³/mol. The summed E-state index contributed by atoms with van der Waals surface area (Å²) in [5, 5.41) is 15.7. The molecule has 0 aromatic carbocycles. The molecule has 7 heteroatoms. The van der Waals surface area contributed by atoms with Crippen LogP contribution < -0.4 is 10.6 Å². The zero-order valence-electron chi connectivity index (χ0n) is 16.3. The van der Waals surface area contributed by atoms with Crippen molar-refractivity contribution in [1.29, 1.82) is 0 Å². The molecule has 2 aliphatic rings. The third kappa shape index (κ3) is 6.01. The molecule has 2 amide bonds. The highest BCUT2D eigenvalue weighted by Gasteiger charge is 2.33. The van der Waals surface area contributed by atoms with Crippen LogP contribution in [0.15, 0.2) is 24.5 Å². The number of nitrogens with one attached hydrogen (secondary N) is 2. The van der Waals surface area contributed by atoms with Crippen molar-refractivity contribution in [3.8, 4) is 0 Å². The molecule has 3 rings (SSSR count). The quantitative estimate of drug-likeness (QED) is 0.623. The summed E-state index contributed by atoms with van der Waals surface area (Å²) in [6, 6.07) is 3.53. The first-order valence-corrected chi connectivity index (χ1v) is 10.4. The summed E-state index contributed by atoms with van der Waals surface area (Å²) >= 11 is 0. The van der Waals surface area contributed by atoms with Crippen molar-refractivity contribution in [2.24, 2.45) is 5.92 Å². The number of pyridine rings is 1. The van der Waals surface area contributed by atoms with Crippen molar-refractivity contribution in [1.82, 2.24) is 15.6 Å². The molecule has 154 valence electrons. The highest BCUT2D eigenvalue weighted by atomic mass is 16.5. The second-order valence-corrected chi connectivity index (χ2v) is 7.82. The van der Waals surface area contributed by atoms with Crippen LogP contribution >= 0.6 is 0 Å². The van der Waals surface area contributed by atoms with Gasteiger partial charge in [0.25, 0.3) is 0 Å². The Balaban J connectivity index is 1.37. The molecular formula is C21H31N3O4. The Labute approximate surface area is 166 Å². The van der Waals surface area contributed by atoms with Crippen LogP contribution in [0.3, 0.4) is 0 Å². The number of aliphatic hydroxyl groups is 1. The minimum Gasteiger partial charge on any atom is -0.394 e. The molecule has 7 nitrogen and oxygen atoms in total. The fourth-order valence-electron chi connectivity index (χ4n) is 4.12. The Kier molecular flexibility index (Phi) is 7.80. The van der Waals surface area contributed by atoms with Crippen molar-refractivity contribution < 1.29 is 19.4 Å². The molecular weight excluding hydrogens is 358 g/mol. The van der Waals surface area contributed by atoms with Gasteiger partial charge < -0.3 is 20.5 Å².